The highest BCUT2D eigenvalue weighted by Crippen LogP contribution is 2.15. The zero-order chi connectivity index (χ0) is 15.1. The summed E-state index contributed by atoms with van der Waals surface area (Å²) >= 11 is 0. The van der Waals surface area contributed by atoms with Gasteiger partial charge in [-0.05, 0) is 31.0 Å². The van der Waals surface area contributed by atoms with Crippen molar-refractivity contribution in [2.45, 2.75) is 32.7 Å². The summed E-state index contributed by atoms with van der Waals surface area (Å²) < 4.78 is 13.1. The Morgan fingerprint density at radius 3 is 2.70 bits per heavy atom. The molecule has 1 aromatic carbocycles. The van der Waals surface area contributed by atoms with Gasteiger partial charge in [-0.15, -0.1) is 0 Å². The van der Waals surface area contributed by atoms with E-state index < -0.39 is 23.7 Å². The third-order valence-electron chi connectivity index (χ3n) is 2.86. The minimum Gasteiger partial charge on any atom is -0.480 e. The number of nitrogens with one attached hydrogen (secondary N) is 2. The molecule has 0 saturated heterocycles. The lowest BCUT2D eigenvalue weighted by Gasteiger charge is -2.14. The van der Waals surface area contributed by atoms with Gasteiger partial charge in [-0.3, -0.25) is 14.9 Å². The second kappa shape index (κ2) is 7.59. The predicted molar refractivity (Wildman–Crippen MR) is 74.1 cm³/mol. The molecule has 0 aliphatic rings. The van der Waals surface area contributed by atoms with Crippen LogP contribution in [0.2, 0.25) is 0 Å². The van der Waals surface area contributed by atoms with Crippen LogP contribution < -0.4 is 10.6 Å². The number of hydrogen-bond donors (Lipinski definition) is 3. The molecule has 0 aromatic heterocycles. The first kappa shape index (κ1) is 16.1. The Hall–Kier alpha value is -1.95. The van der Waals surface area contributed by atoms with Gasteiger partial charge in [-0.25, -0.2) is 4.39 Å². The first-order chi connectivity index (χ1) is 9.43. The monoisotopic (exact) mass is 282 g/mol. The van der Waals surface area contributed by atoms with Crippen LogP contribution >= 0.6 is 0 Å². The molecule has 0 spiro atoms. The number of benzene rings is 1. The lowest BCUT2D eigenvalue weighted by molar-refractivity contribution is -0.139. The average Bonchev–Trinajstić information content (AvgIpc) is 2.38. The van der Waals surface area contributed by atoms with Crippen LogP contribution in [0.15, 0.2) is 18.2 Å². The van der Waals surface area contributed by atoms with Crippen molar-refractivity contribution in [2.75, 3.05) is 11.9 Å². The molecule has 0 heterocycles. The molecule has 0 bridgehead atoms. The van der Waals surface area contributed by atoms with Crippen LogP contribution in [0.4, 0.5) is 10.1 Å². The second-order valence-corrected chi connectivity index (χ2v) is 4.57. The summed E-state index contributed by atoms with van der Waals surface area (Å²) in [6.07, 6.45) is 1.15. The van der Waals surface area contributed by atoms with Crippen LogP contribution in [0.25, 0.3) is 0 Å². The topological polar surface area (TPSA) is 78.4 Å². The molecule has 5 nitrogen and oxygen atoms in total. The molecular formula is C14H19FN2O3. The summed E-state index contributed by atoms with van der Waals surface area (Å²) in [7, 11) is 0. The summed E-state index contributed by atoms with van der Waals surface area (Å²) in [4.78, 5) is 22.6. The number of aliphatic carboxylic acids is 1. The van der Waals surface area contributed by atoms with Crippen molar-refractivity contribution >= 4 is 17.6 Å². The molecule has 20 heavy (non-hydrogen) atoms. The molecule has 0 radical (unpaired) electrons. The maximum atomic E-state index is 13.1. The van der Waals surface area contributed by atoms with E-state index in [2.05, 4.69) is 10.6 Å². The van der Waals surface area contributed by atoms with Crippen molar-refractivity contribution in [3.63, 3.8) is 0 Å². The van der Waals surface area contributed by atoms with Crippen LogP contribution in [0.3, 0.4) is 0 Å². The Morgan fingerprint density at radius 2 is 2.10 bits per heavy atom. The van der Waals surface area contributed by atoms with Gasteiger partial charge in [0.1, 0.15) is 11.9 Å². The van der Waals surface area contributed by atoms with Crippen LogP contribution in [0, 0.1) is 12.7 Å². The van der Waals surface area contributed by atoms with Gasteiger partial charge in [-0.2, -0.15) is 0 Å². The Morgan fingerprint density at radius 1 is 1.40 bits per heavy atom. The maximum Gasteiger partial charge on any atom is 0.320 e. The van der Waals surface area contributed by atoms with E-state index in [0.29, 0.717) is 18.5 Å². The Balaban J connectivity index is 2.55. The zero-order valence-corrected chi connectivity index (χ0v) is 11.6. The van der Waals surface area contributed by atoms with Crippen LogP contribution in [-0.2, 0) is 9.59 Å². The second-order valence-electron chi connectivity index (χ2n) is 4.57. The number of amides is 1. The molecule has 110 valence electrons. The molecule has 1 amide bonds. The smallest absolute Gasteiger partial charge is 0.320 e. The van der Waals surface area contributed by atoms with Crippen molar-refractivity contribution in [1.82, 2.24) is 5.32 Å². The number of carbonyl (C=O) groups excluding carboxylic acids is 1. The van der Waals surface area contributed by atoms with E-state index in [-0.39, 0.29) is 6.54 Å². The predicted octanol–water partition coefficient (Wildman–Crippen LogP) is 1.92. The fraction of sp³-hybridized carbons (Fsp3) is 0.429. The summed E-state index contributed by atoms with van der Waals surface area (Å²) in [6.45, 7) is 3.49. The lowest BCUT2D eigenvalue weighted by Crippen LogP contribution is -2.41. The van der Waals surface area contributed by atoms with Gasteiger partial charge in [0.05, 0.1) is 6.54 Å². The minimum atomic E-state index is -0.985. The largest absolute Gasteiger partial charge is 0.480 e. The highest BCUT2D eigenvalue weighted by molar-refractivity contribution is 5.93. The third-order valence-corrected chi connectivity index (χ3v) is 2.86. The molecule has 0 fully saturated rings. The Kier molecular flexibility index (Phi) is 6.11. The van der Waals surface area contributed by atoms with Gasteiger partial charge in [-0.1, -0.05) is 19.4 Å². The standard InChI is InChI=1S/C14H19FN2O3/c1-3-4-11(14(19)20)16-8-13(18)17-12-7-10(15)6-5-9(12)2/h5-7,11,16H,3-4,8H2,1-2H3,(H,17,18)(H,19,20). The Labute approximate surface area is 117 Å². The van der Waals surface area contributed by atoms with Gasteiger partial charge in [0.15, 0.2) is 0 Å². The number of halogens is 1. The summed E-state index contributed by atoms with van der Waals surface area (Å²) in [5.41, 5.74) is 1.13. The van der Waals surface area contributed by atoms with E-state index in [1.807, 2.05) is 6.92 Å². The van der Waals surface area contributed by atoms with Crippen molar-refractivity contribution in [3.05, 3.63) is 29.6 Å². The molecule has 0 aliphatic heterocycles. The maximum absolute atomic E-state index is 13.1. The van der Waals surface area contributed by atoms with Gasteiger partial charge in [0, 0.05) is 5.69 Å². The minimum absolute atomic E-state index is 0.132. The van der Waals surface area contributed by atoms with Gasteiger partial charge in [0.2, 0.25) is 5.91 Å². The lowest BCUT2D eigenvalue weighted by atomic mass is 10.1. The molecule has 6 heteroatoms. The van der Waals surface area contributed by atoms with E-state index in [1.54, 1.807) is 13.0 Å². The van der Waals surface area contributed by atoms with E-state index in [4.69, 9.17) is 5.11 Å². The average molecular weight is 282 g/mol. The molecular weight excluding hydrogens is 263 g/mol. The van der Waals surface area contributed by atoms with Gasteiger partial charge in [0.25, 0.3) is 0 Å². The summed E-state index contributed by atoms with van der Waals surface area (Å²) in [6, 6.07) is 3.35. The number of hydrogen-bond acceptors (Lipinski definition) is 3. The molecule has 1 aromatic rings. The van der Waals surface area contributed by atoms with Crippen molar-refractivity contribution < 1.29 is 19.1 Å². The first-order valence-corrected chi connectivity index (χ1v) is 6.46. The van der Waals surface area contributed by atoms with E-state index in [9.17, 15) is 14.0 Å². The van der Waals surface area contributed by atoms with Crippen molar-refractivity contribution in [2.24, 2.45) is 0 Å². The molecule has 1 atom stereocenters. The third kappa shape index (κ3) is 4.97. The number of anilines is 1. The number of carboxylic acid groups (broad SMARTS) is 1. The Bertz CT molecular complexity index is 491. The molecule has 0 saturated carbocycles. The molecule has 1 rings (SSSR count). The molecule has 0 aliphatic carbocycles. The van der Waals surface area contributed by atoms with E-state index in [1.165, 1.54) is 12.1 Å². The van der Waals surface area contributed by atoms with E-state index >= 15 is 0 Å². The number of carbonyl (C=O) groups is 2. The molecule has 1 unspecified atom stereocenters. The summed E-state index contributed by atoms with van der Waals surface area (Å²) in [5, 5.41) is 14.2. The zero-order valence-electron chi connectivity index (χ0n) is 11.6. The highest BCUT2D eigenvalue weighted by Gasteiger charge is 2.16. The van der Waals surface area contributed by atoms with Crippen LogP contribution in [0.1, 0.15) is 25.3 Å². The molecule has 3 N–H and O–H groups in total. The fourth-order valence-electron chi connectivity index (χ4n) is 1.74. The van der Waals surface area contributed by atoms with Crippen LogP contribution in [0.5, 0.6) is 0 Å². The summed E-state index contributed by atoms with van der Waals surface area (Å²) in [5.74, 6) is -1.82. The number of carboxylic acids is 1. The van der Waals surface area contributed by atoms with Crippen molar-refractivity contribution in [3.8, 4) is 0 Å². The number of rotatable bonds is 7. The van der Waals surface area contributed by atoms with E-state index in [0.717, 1.165) is 5.56 Å². The quantitative estimate of drug-likeness (QED) is 0.714. The number of aryl methyl sites for hydroxylation is 1. The van der Waals surface area contributed by atoms with Crippen molar-refractivity contribution in [1.29, 1.82) is 0 Å². The fourth-order valence-corrected chi connectivity index (χ4v) is 1.74. The van der Waals surface area contributed by atoms with Gasteiger partial charge >= 0.3 is 5.97 Å². The first-order valence-electron chi connectivity index (χ1n) is 6.46. The van der Waals surface area contributed by atoms with Crippen LogP contribution in [-0.4, -0.2) is 29.6 Å². The normalized spacial score (nSPS) is 11.9. The van der Waals surface area contributed by atoms with Gasteiger partial charge < -0.3 is 10.4 Å². The highest BCUT2D eigenvalue weighted by atomic mass is 19.1. The SMILES string of the molecule is CCCC(NCC(=O)Nc1cc(F)ccc1C)C(=O)O.